The number of pyridine rings is 2. The van der Waals surface area contributed by atoms with Crippen LogP contribution in [0, 0.1) is 24.3 Å². The monoisotopic (exact) mass is 1210 g/mol. The third-order valence-electron chi connectivity index (χ3n) is 13.2. The summed E-state index contributed by atoms with van der Waals surface area (Å²) in [6.07, 6.45) is 6.98. The second-order valence-electron chi connectivity index (χ2n) is 16.9. The molecule has 12 aromatic rings. The molecule has 6 nitrogen and oxygen atoms in total. The van der Waals surface area contributed by atoms with Gasteiger partial charge in [0, 0.05) is 12.4 Å². The first kappa shape index (κ1) is 47.3. The van der Waals surface area contributed by atoms with Crippen molar-refractivity contribution < 1.29 is 41.5 Å². The summed E-state index contributed by atoms with van der Waals surface area (Å²) in [5.41, 5.74) is 5.28. The topological polar surface area (TPSA) is 69.4 Å². The van der Waals surface area contributed by atoms with E-state index in [1.807, 2.05) is 48.8 Å². The van der Waals surface area contributed by atoms with Crippen LogP contribution in [0.5, 0.6) is 0 Å². The summed E-state index contributed by atoms with van der Waals surface area (Å²) in [4.78, 5) is 14.4. The van der Waals surface area contributed by atoms with E-state index in [0.29, 0.717) is 5.95 Å². The van der Waals surface area contributed by atoms with Crippen LogP contribution in [0.4, 0.5) is 0 Å². The van der Waals surface area contributed by atoms with Gasteiger partial charge in [-0.2, -0.15) is 62.6 Å². The number of nitrogens with zero attached hydrogens (tertiary/aromatic N) is 6. The van der Waals surface area contributed by atoms with Crippen LogP contribution < -0.4 is 41.5 Å². The van der Waals surface area contributed by atoms with Crippen LogP contribution >= 0.6 is 0 Å². The van der Waals surface area contributed by atoms with Gasteiger partial charge in [-0.25, -0.2) is 4.98 Å². The van der Waals surface area contributed by atoms with Crippen LogP contribution in [0.1, 0.15) is 0 Å². The predicted octanol–water partition coefficient (Wildman–Crippen LogP) is 7.04. The second kappa shape index (κ2) is 20.6. The normalized spacial score (nSPS) is 11.4. The van der Waals surface area contributed by atoms with Crippen molar-refractivity contribution in [1.29, 1.82) is 0 Å². The Kier molecular flexibility index (Phi) is 13.7. The van der Waals surface area contributed by atoms with Crippen molar-refractivity contribution in [1.82, 2.24) is 29.7 Å². The third kappa shape index (κ3) is 8.30. The first-order valence-corrected chi connectivity index (χ1v) is 26.9. The number of rotatable bonds is 11. The van der Waals surface area contributed by atoms with Gasteiger partial charge in [0.05, 0.1) is 12.4 Å². The maximum absolute atomic E-state index is 4.89. The zero-order chi connectivity index (χ0) is 46.0. The molecule has 0 radical (unpaired) electrons. The molecule has 8 aromatic carbocycles. The number of benzene rings is 8. The molecule has 0 unspecified atom stereocenters. The first-order valence-electron chi connectivity index (χ1n) is 22.9. The predicted molar refractivity (Wildman–Crippen MR) is 283 cm³/mol. The summed E-state index contributed by atoms with van der Waals surface area (Å²) >= 11 is 0. The average molecular weight is 1210 g/mol. The smallest absolute Gasteiger partial charge is 0.327 e. The fraction of sp³-hybridized carbons (Fsp3) is 0. The van der Waals surface area contributed by atoms with E-state index in [4.69, 9.17) is 20.1 Å². The van der Waals surface area contributed by atoms with Crippen molar-refractivity contribution in [2.24, 2.45) is 0 Å². The molecular weight excluding hydrogens is 1170 g/mol. The zero-order valence-corrected chi connectivity index (χ0v) is 43.7. The number of aromatic nitrogens is 6. The molecule has 71 heavy (non-hydrogen) atoms. The van der Waals surface area contributed by atoms with Gasteiger partial charge < -0.3 is 14.5 Å². The molecule has 0 aliphatic carbocycles. The SMILES string of the molecule is [Pd+2].[Pt+2].[c-]1c(-c2ccccn2)cccc1[Si](c1[c-]c2c(cc1)c1ccc([Si](c3[c-]c(-c4ccccn4)ccc3)(c3ccccc3)c3ccccc3)[c-]c1n2-c1nccnn1)(c1ccccc1)c1ccccc1. The van der Waals surface area contributed by atoms with E-state index in [0.717, 1.165) is 65.1 Å². The number of hydrogen-bond acceptors (Lipinski definition) is 5. The van der Waals surface area contributed by atoms with Crippen LogP contribution in [-0.2, 0) is 41.5 Å². The summed E-state index contributed by atoms with van der Waals surface area (Å²) < 4.78 is 2.11. The fourth-order valence-electron chi connectivity index (χ4n) is 10.2. The molecule has 0 saturated heterocycles. The summed E-state index contributed by atoms with van der Waals surface area (Å²) in [6, 6.07) is 93.6. The third-order valence-corrected chi connectivity index (χ3v) is 22.4. The summed E-state index contributed by atoms with van der Waals surface area (Å²) in [5.74, 6) is 0.435. The van der Waals surface area contributed by atoms with E-state index < -0.39 is 16.1 Å². The van der Waals surface area contributed by atoms with E-state index in [1.54, 1.807) is 12.4 Å². The Bertz CT molecular complexity index is 3420. The van der Waals surface area contributed by atoms with Crippen LogP contribution in [0.3, 0.4) is 0 Å². The Morgan fingerprint density at radius 2 is 0.732 bits per heavy atom. The zero-order valence-electron chi connectivity index (χ0n) is 37.9. The van der Waals surface area contributed by atoms with Crippen molar-refractivity contribution in [2.75, 3.05) is 0 Å². The van der Waals surface area contributed by atoms with Crippen molar-refractivity contribution in [3.63, 3.8) is 0 Å². The van der Waals surface area contributed by atoms with E-state index in [9.17, 15) is 0 Å². The van der Waals surface area contributed by atoms with Crippen LogP contribution in [0.2, 0.25) is 0 Å². The molecule has 0 saturated carbocycles. The minimum Gasteiger partial charge on any atom is -0.327 e. The molecule has 0 bridgehead atoms. The van der Waals surface area contributed by atoms with Gasteiger partial charge in [0.2, 0.25) is 0 Å². The maximum Gasteiger partial charge on any atom is 2.00 e. The minimum absolute atomic E-state index is 0. The molecule has 4 heterocycles. The fourth-order valence-corrected chi connectivity index (χ4v) is 19.3. The average Bonchev–Trinajstić information content (AvgIpc) is 3.76. The first-order chi connectivity index (χ1) is 34.2. The van der Waals surface area contributed by atoms with Gasteiger partial charge in [0.25, 0.3) is 5.95 Å². The molecule has 0 aliphatic heterocycles. The van der Waals surface area contributed by atoms with Crippen LogP contribution in [0.15, 0.2) is 243 Å². The number of hydrogen-bond donors (Lipinski definition) is 0. The van der Waals surface area contributed by atoms with Crippen molar-refractivity contribution >= 4 is 79.4 Å². The summed E-state index contributed by atoms with van der Waals surface area (Å²) in [6.45, 7) is 0. The second-order valence-corrected chi connectivity index (χ2v) is 24.4. The number of fused-ring (bicyclic) bond motifs is 3. The molecule has 10 heteroatoms. The van der Waals surface area contributed by atoms with Crippen molar-refractivity contribution in [3.05, 3.63) is 267 Å². The van der Waals surface area contributed by atoms with Gasteiger partial charge in [-0.3, -0.25) is 0 Å². The van der Waals surface area contributed by atoms with Gasteiger partial charge in [0.1, 0.15) is 16.1 Å². The molecule has 0 fully saturated rings. The Morgan fingerprint density at radius 1 is 0.338 bits per heavy atom. The quantitative estimate of drug-likeness (QED) is 0.0791. The molecule has 342 valence electrons. The maximum atomic E-state index is 4.89. The minimum atomic E-state index is -3.18. The van der Waals surface area contributed by atoms with Gasteiger partial charge in [0.15, 0.2) is 0 Å². The van der Waals surface area contributed by atoms with E-state index in [1.165, 1.54) is 20.7 Å². The van der Waals surface area contributed by atoms with Crippen LogP contribution in [-0.4, -0.2) is 45.9 Å². The Labute approximate surface area is 443 Å². The largest absolute Gasteiger partial charge is 2.00 e. The van der Waals surface area contributed by atoms with E-state index in [2.05, 4.69) is 216 Å². The van der Waals surface area contributed by atoms with Gasteiger partial charge in [-0.05, 0) is 44.3 Å². The Morgan fingerprint density at radius 3 is 1.10 bits per heavy atom. The van der Waals surface area contributed by atoms with Gasteiger partial charge in [-0.1, -0.05) is 157 Å². The van der Waals surface area contributed by atoms with E-state index >= 15 is 0 Å². The van der Waals surface area contributed by atoms with Gasteiger partial charge in [-0.15, -0.1) is 75.1 Å². The van der Waals surface area contributed by atoms with E-state index in [-0.39, 0.29) is 41.5 Å². The molecule has 12 rings (SSSR count). The van der Waals surface area contributed by atoms with Crippen molar-refractivity contribution in [3.8, 4) is 28.5 Å². The molecule has 0 aliphatic rings. The molecule has 0 spiro atoms. The molecule has 4 aromatic heterocycles. The molecular formula is C61H40N6PdPtSi2. The summed E-state index contributed by atoms with van der Waals surface area (Å²) in [7, 11) is -6.36. The molecule has 0 amide bonds. The molecule has 0 N–H and O–H groups in total. The Hall–Kier alpha value is -7.35. The standard InChI is InChI=1S/C61H40N6Si2.Pd.Pt/c1-5-21-47(22-6-1)68(48-23-7-2-8-24-48,51-29-17-19-45(41-51)57-31-13-15-37-62-57)53-33-35-55-56-36-34-54(44-60(56)67(59(55)43-53)61-64-39-40-65-66-61)69(49-25-9-3-10-26-49,50-27-11-4-12-28-50)52-30-18-20-46(42-52)58-32-14-16-38-63-58;;/h1-40H;;/q-4;2*+2. The van der Waals surface area contributed by atoms with Crippen molar-refractivity contribution in [2.45, 2.75) is 0 Å². The Balaban J connectivity index is 0.00000291. The molecule has 0 atom stereocenters. The van der Waals surface area contributed by atoms with Crippen LogP contribution in [0.25, 0.3) is 50.3 Å². The van der Waals surface area contributed by atoms with Gasteiger partial charge >= 0.3 is 41.5 Å². The summed E-state index contributed by atoms with van der Waals surface area (Å²) in [5, 5.41) is 20.3.